The van der Waals surface area contributed by atoms with Crippen LogP contribution in [0, 0.1) is 0 Å². The molecule has 0 aliphatic rings. The van der Waals surface area contributed by atoms with Gasteiger partial charge in [0.2, 0.25) is 11.8 Å². The van der Waals surface area contributed by atoms with Gasteiger partial charge in [-0.05, 0) is 0 Å². The number of aromatic nitrogens is 8. The van der Waals surface area contributed by atoms with Crippen LogP contribution in [-0.4, -0.2) is 97.9 Å². The van der Waals surface area contributed by atoms with Crippen molar-refractivity contribution in [3.63, 3.8) is 0 Å². The van der Waals surface area contributed by atoms with Crippen LogP contribution < -0.4 is 9.47 Å². The maximum absolute atomic E-state index is 11.4. The Hall–Kier alpha value is -5.88. The minimum Gasteiger partial charge on any atom is -0.476 e. The van der Waals surface area contributed by atoms with E-state index in [1.54, 1.807) is 0 Å². The van der Waals surface area contributed by atoms with Gasteiger partial charge in [0, 0.05) is 64.1 Å². The van der Waals surface area contributed by atoms with Crippen molar-refractivity contribution >= 4 is 24.9 Å². The van der Waals surface area contributed by atoms with Crippen molar-refractivity contribution in [2.75, 3.05) is 13.1 Å². The number of hydrogen-bond acceptors (Lipinski definition) is 16. The van der Waals surface area contributed by atoms with Gasteiger partial charge in [0.05, 0.1) is 47.6 Å². The molecule has 0 fully saturated rings. The summed E-state index contributed by atoms with van der Waals surface area (Å²) >= 11 is 0. The molecule has 226 valence electrons. The summed E-state index contributed by atoms with van der Waals surface area (Å²) in [5.41, 5.74) is 1.17. The Kier molecular flexibility index (Phi) is 10.9. The van der Waals surface area contributed by atoms with Crippen molar-refractivity contribution in [1.82, 2.24) is 49.7 Å². The Balaban J connectivity index is 1.60. The molecule has 2 N–H and O–H groups in total. The van der Waals surface area contributed by atoms with E-state index in [2.05, 4.69) is 39.9 Å². The van der Waals surface area contributed by atoms with Crippen molar-refractivity contribution in [1.29, 1.82) is 0 Å². The number of aromatic carboxylic acids is 2. The molecule has 18 nitrogen and oxygen atoms in total. The van der Waals surface area contributed by atoms with Gasteiger partial charge in [0.25, 0.3) is 12.9 Å². The number of carbonyl (C=O) groups excluding carboxylic acids is 2. The third-order valence-electron chi connectivity index (χ3n) is 5.74. The van der Waals surface area contributed by atoms with Crippen LogP contribution >= 0.6 is 0 Å². The number of ether oxygens (including phenoxy) is 2. The molecule has 0 unspecified atom stereocenters. The topological polar surface area (TPSA) is 237 Å². The average Bonchev–Trinajstić information content (AvgIpc) is 3.01. The Bertz CT molecular complexity index is 1510. The van der Waals surface area contributed by atoms with E-state index in [0.717, 1.165) is 12.4 Å². The molecule has 4 aromatic rings. The molecular weight excluding hydrogens is 580 g/mol. The van der Waals surface area contributed by atoms with Gasteiger partial charge in [-0.1, -0.05) is 0 Å². The highest BCUT2D eigenvalue weighted by molar-refractivity contribution is 5.85. The molecule has 44 heavy (non-hydrogen) atoms. The summed E-state index contributed by atoms with van der Waals surface area (Å²) in [6.07, 6.45) is 10.7. The zero-order valence-corrected chi connectivity index (χ0v) is 22.8. The van der Waals surface area contributed by atoms with E-state index in [1.807, 2.05) is 9.80 Å². The summed E-state index contributed by atoms with van der Waals surface area (Å²) in [6, 6.07) is 0. The molecule has 4 aromatic heterocycles. The number of carboxylic acid groups (broad SMARTS) is 2. The first-order chi connectivity index (χ1) is 21.3. The smallest absolute Gasteiger partial charge is 0.356 e. The molecule has 0 spiro atoms. The quantitative estimate of drug-likeness (QED) is 0.151. The van der Waals surface area contributed by atoms with Crippen LogP contribution in [0.1, 0.15) is 43.8 Å². The van der Waals surface area contributed by atoms with Gasteiger partial charge in [-0.2, -0.15) is 0 Å². The maximum Gasteiger partial charge on any atom is 0.356 e. The highest BCUT2D eigenvalue weighted by Crippen LogP contribution is 2.14. The Morgan fingerprint density at radius 2 is 0.909 bits per heavy atom. The molecule has 0 saturated heterocycles. The first-order valence-electron chi connectivity index (χ1n) is 12.7. The lowest BCUT2D eigenvalue weighted by Crippen LogP contribution is -2.35. The van der Waals surface area contributed by atoms with Crippen molar-refractivity contribution in [2.45, 2.75) is 26.2 Å². The molecule has 0 radical (unpaired) electrons. The zero-order valence-electron chi connectivity index (χ0n) is 22.8. The highest BCUT2D eigenvalue weighted by Gasteiger charge is 2.17. The number of rotatable bonds is 17. The van der Waals surface area contributed by atoms with Crippen molar-refractivity contribution in [2.24, 2.45) is 0 Å². The van der Waals surface area contributed by atoms with Gasteiger partial charge in [-0.25, -0.2) is 29.5 Å². The van der Waals surface area contributed by atoms with Gasteiger partial charge < -0.3 is 19.7 Å². The third-order valence-corrected chi connectivity index (χ3v) is 5.74. The second-order valence-corrected chi connectivity index (χ2v) is 8.95. The van der Waals surface area contributed by atoms with Gasteiger partial charge >= 0.3 is 11.9 Å². The zero-order chi connectivity index (χ0) is 31.3. The monoisotopic (exact) mass is 604 g/mol. The van der Waals surface area contributed by atoms with Gasteiger partial charge in [-0.3, -0.25) is 39.3 Å². The largest absolute Gasteiger partial charge is 0.476 e. The van der Waals surface area contributed by atoms with E-state index in [1.165, 1.54) is 37.2 Å². The molecular formula is C26H24N10O8. The molecule has 0 saturated carbocycles. The van der Waals surface area contributed by atoms with Gasteiger partial charge in [0.15, 0.2) is 11.4 Å². The Morgan fingerprint density at radius 1 is 0.568 bits per heavy atom. The summed E-state index contributed by atoms with van der Waals surface area (Å²) in [7, 11) is 0. The number of nitrogens with zero attached hydrogens (tertiary/aromatic N) is 10. The lowest BCUT2D eigenvalue weighted by molar-refractivity contribution is -0.121. The maximum atomic E-state index is 11.4. The Morgan fingerprint density at radius 3 is 1.25 bits per heavy atom. The van der Waals surface area contributed by atoms with Crippen LogP contribution in [-0.2, 0) is 35.8 Å². The molecule has 4 heterocycles. The molecule has 4 rings (SSSR count). The van der Waals surface area contributed by atoms with E-state index < -0.39 is 11.9 Å². The normalized spacial score (nSPS) is 10.9. The second-order valence-electron chi connectivity index (χ2n) is 8.95. The summed E-state index contributed by atoms with van der Waals surface area (Å²) in [6.45, 7) is 1.80. The van der Waals surface area contributed by atoms with Crippen LogP contribution in [0.5, 0.6) is 11.8 Å². The second kappa shape index (κ2) is 15.4. The van der Waals surface area contributed by atoms with E-state index >= 15 is 0 Å². The fourth-order valence-electron chi connectivity index (χ4n) is 3.94. The SMILES string of the molecule is O=COc1cncc(CN(CCN(Cc2cncc(C(=O)O)n2)Cc2cncc(C(=O)O)n2)Cc2cncc(OC=O)n2)n1. The lowest BCUT2D eigenvalue weighted by atomic mass is 10.3. The third kappa shape index (κ3) is 9.33. The average molecular weight is 605 g/mol. The number of carboxylic acids is 2. The number of carbonyl (C=O) groups is 4. The standard InChI is InChI=1S/C26H24N10O8/c37-15-43-23-9-29-5-19(33-23)13-36(14-20-6-30-10-24(34-20)44-16-38)2-1-35(11-17-3-27-7-21(31-17)25(39)40)12-18-4-28-8-22(32-18)26(41)42/h3-10,15-16H,1-2,11-14H2,(H,39,40)(H,41,42). The van der Waals surface area contributed by atoms with Crippen molar-refractivity contribution in [3.05, 3.63) is 83.7 Å². The van der Waals surface area contributed by atoms with E-state index in [0.29, 0.717) is 35.9 Å². The lowest BCUT2D eigenvalue weighted by Gasteiger charge is -2.27. The minimum atomic E-state index is -1.24. The summed E-state index contributed by atoms with van der Waals surface area (Å²) in [4.78, 5) is 81.1. The van der Waals surface area contributed by atoms with Crippen LogP contribution in [0.4, 0.5) is 0 Å². The molecule has 0 aliphatic carbocycles. The van der Waals surface area contributed by atoms with Crippen LogP contribution in [0.15, 0.2) is 49.6 Å². The molecule has 18 heteroatoms. The predicted molar refractivity (Wildman–Crippen MR) is 144 cm³/mol. The molecule has 0 bridgehead atoms. The highest BCUT2D eigenvalue weighted by atomic mass is 16.5. The fourth-order valence-corrected chi connectivity index (χ4v) is 3.94. The van der Waals surface area contributed by atoms with Crippen molar-refractivity contribution in [3.8, 4) is 11.8 Å². The Labute approximate surface area is 248 Å². The summed E-state index contributed by atoms with van der Waals surface area (Å²) in [5.74, 6) is -2.45. The molecule has 0 aromatic carbocycles. The molecule has 0 aliphatic heterocycles. The fraction of sp³-hybridized carbons (Fsp3) is 0.231. The minimum absolute atomic E-state index is 0.00835. The summed E-state index contributed by atoms with van der Waals surface area (Å²) < 4.78 is 9.62. The van der Waals surface area contributed by atoms with Crippen LogP contribution in [0.2, 0.25) is 0 Å². The first kappa shape index (κ1) is 31.1. The van der Waals surface area contributed by atoms with Crippen LogP contribution in [0.3, 0.4) is 0 Å². The van der Waals surface area contributed by atoms with E-state index in [-0.39, 0.29) is 62.3 Å². The van der Waals surface area contributed by atoms with Gasteiger partial charge in [0.1, 0.15) is 0 Å². The van der Waals surface area contributed by atoms with E-state index in [9.17, 15) is 29.4 Å². The van der Waals surface area contributed by atoms with Crippen molar-refractivity contribution < 1.29 is 38.9 Å². The van der Waals surface area contributed by atoms with E-state index in [4.69, 9.17) is 9.47 Å². The summed E-state index contributed by atoms with van der Waals surface area (Å²) in [5, 5.41) is 18.7. The van der Waals surface area contributed by atoms with Gasteiger partial charge in [-0.15, -0.1) is 0 Å². The molecule has 0 amide bonds. The first-order valence-corrected chi connectivity index (χ1v) is 12.7. The number of hydrogen-bond donors (Lipinski definition) is 2. The molecule has 0 atom stereocenters. The predicted octanol–water partition coefficient (Wildman–Crippen LogP) is 0.0180. The van der Waals surface area contributed by atoms with Crippen LogP contribution in [0.25, 0.3) is 0 Å².